The Morgan fingerprint density at radius 3 is 1.75 bits per heavy atom. The fourth-order valence-corrected chi connectivity index (χ4v) is 3.97. The van der Waals surface area contributed by atoms with Gasteiger partial charge in [0.1, 0.15) is 40.5 Å². The van der Waals surface area contributed by atoms with E-state index in [1.807, 2.05) is 0 Å². The summed E-state index contributed by atoms with van der Waals surface area (Å²) < 4.78 is 137. The average Bonchev–Trinajstić information content (AvgIpc) is 2.86. The van der Waals surface area contributed by atoms with E-state index in [-0.39, 0.29) is 35.4 Å². The van der Waals surface area contributed by atoms with Crippen LogP contribution in [0, 0.1) is 29.1 Å². The molecule has 12 heteroatoms. The highest BCUT2D eigenvalue weighted by molar-refractivity contribution is 5.70. The predicted molar refractivity (Wildman–Crippen MR) is 126 cm³/mol. The molecule has 0 amide bonds. The van der Waals surface area contributed by atoms with Crippen molar-refractivity contribution >= 4 is 5.83 Å². The van der Waals surface area contributed by atoms with E-state index in [4.69, 9.17) is 0 Å². The van der Waals surface area contributed by atoms with Crippen LogP contribution in [0.1, 0.15) is 29.2 Å². The minimum absolute atomic E-state index is 0.0774. The number of hydrogen-bond acceptors (Lipinski definition) is 2. The fraction of sp³-hybridized carbons (Fsp3) is 0.143. The van der Waals surface area contributed by atoms with Gasteiger partial charge in [0, 0.05) is 23.5 Å². The highest BCUT2D eigenvalue weighted by Gasteiger charge is 2.38. The molecule has 0 unspecified atom stereocenters. The zero-order valence-electron chi connectivity index (χ0n) is 20.3. The van der Waals surface area contributed by atoms with Crippen molar-refractivity contribution in [2.45, 2.75) is 25.9 Å². The minimum atomic E-state index is -5.22. The monoisotopic (exact) mass is 570 g/mol. The molecule has 0 N–H and O–H groups in total. The van der Waals surface area contributed by atoms with Gasteiger partial charge >= 0.3 is 6.18 Å². The maximum absolute atomic E-state index is 14.7. The van der Waals surface area contributed by atoms with Gasteiger partial charge in [0.15, 0.2) is 11.7 Å². The second kappa shape index (κ2) is 11.1. The van der Waals surface area contributed by atoms with E-state index >= 15 is 0 Å². The second-order valence-electron chi connectivity index (χ2n) is 8.70. The lowest BCUT2D eigenvalue weighted by Gasteiger charge is -2.11. The van der Waals surface area contributed by atoms with Gasteiger partial charge < -0.3 is 0 Å². The molecule has 0 fully saturated rings. The summed E-state index contributed by atoms with van der Waals surface area (Å²) in [6.07, 6.45) is -2.47. The molecule has 3 aromatic carbocycles. The molecular formula is C28H16F10N2. The van der Waals surface area contributed by atoms with Crippen molar-refractivity contribution in [1.29, 1.82) is 0 Å². The number of alkyl halides is 3. The van der Waals surface area contributed by atoms with Crippen molar-refractivity contribution < 1.29 is 43.9 Å². The lowest BCUT2D eigenvalue weighted by Crippen LogP contribution is -2.11. The summed E-state index contributed by atoms with van der Waals surface area (Å²) in [4.78, 5) is 7.81. The van der Waals surface area contributed by atoms with E-state index in [0.717, 1.165) is 13.0 Å². The van der Waals surface area contributed by atoms with E-state index in [1.54, 1.807) is 0 Å². The summed E-state index contributed by atoms with van der Waals surface area (Å²) in [6, 6.07) is 5.54. The van der Waals surface area contributed by atoms with Crippen LogP contribution in [0.5, 0.6) is 0 Å². The average molecular weight is 570 g/mol. The Morgan fingerprint density at radius 1 is 0.700 bits per heavy atom. The minimum Gasteiger partial charge on any atom is -0.236 e. The van der Waals surface area contributed by atoms with Gasteiger partial charge in [0.25, 0.3) is 0 Å². The van der Waals surface area contributed by atoms with Crippen molar-refractivity contribution in [1.82, 2.24) is 9.97 Å². The Labute approximate surface area is 220 Å². The van der Waals surface area contributed by atoms with Crippen molar-refractivity contribution in [3.8, 4) is 22.5 Å². The summed E-state index contributed by atoms with van der Waals surface area (Å²) >= 11 is 0. The third-order valence-electron chi connectivity index (χ3n) is 5.91. The number of aryl methyl sites for hydroxylation is 2. The fourth-order valence-electron chi connectivity index (χ4n) is 3.97. The molecule has 0 bridgehead atoms. The molecule has 1 heterocycles. The molecule has 0 aliphatic heterocycles. The molecule has 0 aliphatic carbocycles. The van der Waals surface area contributed by atoms with Crippen molar-refractivity contribution in [3.63, 3.8) is 0 Å². The van der Waals surface area contributed by atoms with E-state index < -0.39 is 63.6 Å². The zero-order chi connectivity index (χ0) is 29.4. The number of halogens is 10. The van der Waals surface area contributed by atoms with Gasteiger partial charge in [-0.15, -0.1) is 0 Å². The molecule has 208 valence electrons. The van der Waals surface area contributed by atoms with Gasteiger partial charge in [-0.2, -0.15) is 13.2 Å². The first-order valence-corrected chi connectivity index (χ1v) is 11.4. The molecule has 0 atom stereocenters. The topological polar surface area (TPSA) is 25.8 Å². The predicted octanol–water partition coefficient (Wildman–Crippen LogP) is 8.94. The van der Waals surface area contributed by atoms with E-state index in [9.17, 15) is 43.9 Å². The first kappa shape index (κ1) is 28.8. The van der Waals surface area contributed by atoms with Crippen LogP contribution in [0.4, 0.5) is 43.9 Å². The van der Waals surface area contributed by atoms with Gasteiger partial charge in [0.2, 0.25) is 0 Å². The molecule has 0 saturated carbocycles. The molecule has 0 spiro atoms. The highest BCUT2D eigenvalue weighted by atomic mass is 19.4. The van der Waals surface area contributed by atoms with Gasteiger partial charge in [-0.1, -0.05) is 12.1 Å². The SMILES string of the molecule is C/C(F)=C(\F)c1cc(F)c(-c2ccc(CCc3cnc(-c4cc(F)c(C(F)(F)F)c(F)c4)nc3)c(F)c2)c(F)c1. The third kappa shape index (κ3) is 6.00. The normalized spacial score (nSPS) is 12.5. The van der Waals surface area contributed by atoms with Gasteiger partial charge in [-0.3, -0.25) is 0 Å². The summed E-state index contributed by atoms with van der Waals surface area (Å²) in [5.74, 6) is -9.80. The second-order valence-corrected chi connectivity index (χ2v) is 8.70. The number of nitrogens with zero attached hydrogens (tertiary/aromatic N) is 2. The highest BCUT2D eigenvalue weighted by Crippen LogP contribution is 2.35. The van der Waals surface area contributed by atoms with E-state index in [1.165, 1.54) is 24.5 Å². The Kier molecular flexibility index (Phi) is 7.99. The summed E-state index contributed by atoms with van der Waals surface area (Å²) in [6.45, 7) is 0.787. The first-order chi connectivity index (χ1) is 18.8. The molecule has 0 saturated heterocycles. The maximum atomic E-state index is 14.7. The standard InChI is InChI=1S/C28H16F10N2/c1-13(29)26(35)17-7-20(31)24(21(32)8-17)16-5-4-15(19(30)6-16)3-2-14-11-39-27(40-12-14)18-9-22(33)25(23(34)10-18)28(36,37)38/h4-12H,2-3H2,1H3/b26-13+. The quantitative estimate of drug-likeness (QED) is 0.216. The number of benzene rings is 3. The van der Waals surface area contributed by atoms with Crippen LogP contribution in [0.2, 0.25) is 0 Å². The van der Waals surface area contributed by atoms with Gasteiger partial charge in [-0.05, 0) is 66.8 Å². The Hall–Kier alpha value is -4.22. The van der Waals surface area contributed by atoms with E-state index in [2.05, 4.69) is 9.97 Å². The lowest BCUT2D eigenvalue weighted by atomic mass is 9.98. The molecule has 0 radical (unpaired) electrons. The molecule has 40 heavy (non-hydrogen) atoms. The largest absolute Gasteiger partial charge is 0.422 e. The van der Waals surface area contributed by atoms with Crippen LogP contribution in [0.3, 0.4) is 0 Å². The van der Waals surface area contributed by atoms with Gasteiger partial charge in [0.05, 0.1) is 5.56 Å². The van der Waals surface area contributed by atoms with Gasteiger partial charge in [-0.25, -0.2) is 40.7 Å². The molecule has 4 rings (SSSR count). The summed E-state index contributed by atoms with van der Waals surface area (Å²) in [7, 11) is 0. The number of hydrogen-bond donors (Lipinski definition) is 0. The van der Waals surface area contributed by atoms with Crippen molar-refractivity contribution in [2.24, 2.45) is 0 Å². The number of rotatable bonds is 6. The van der Waals surface area contributed by atoms with Crippen LogP contribution < -0.4 is 0 Å². The molecule has 1 aromatic heterocycles. The van der Waals surface area contributed by atoms with Crippen LogP contribution >= 0.6 is 0 Å². The van der Waals surface area contributed by atoms with Crippen molar-refractivity contribution in [2.75, 3.05) is 0 Å². The molecule has 2 nitrogen and oxygen atoms in total. The number of allylic oxidation sites excluding steroid dienone is 1. The maximum Gasteiger partial charge on any atom is 0.422 e. The van der Waals surface area contributed by atoms with Crippen molar-refractivity contribution in [3.05, 3.63) is 112 Å². The van der Waals surface area contributed by atoms with Crippen LogP contribution in [-0.4, -0.2) is 9.97 Å². The Balaban J connectivity index is 1.49. The van der Waals surface area contributed by atoms with Crippen LogP contribution in [0.25, 0.3) is 28.3 Å². The smallest absolute Gasteiger partial charge is 0.236 e. The first-order valence-electron chi connectivity index (χ1n) is 11.4. The Bertz CT molecular complexity index is 1560. The number of aromatic nitrogens is 2. The molecule has 0 aliphatic rings. The summed E-state index contributed by atoms with van der Waals surface area (Å²) in [5.41, 5.74) is -3.18. The van der Waals surface area contributed by atoms with Crippen LogP contribution in [0.15, 0.2) is 60.7 Å². The molecule has 4 aromatic rings. The van der Waals surface area contributed by atoms with E-state index in [0.29, 0.717) is 29.8 Å². The third-order valence-corrected chi connectivity index (χ3v) is 5.91. The van der Waals surface area contributed by atoms with Crippen LogP contribution in [-0.2, 0) is 19.0 Å². The summed E-state index contributed by atoms with van der Waals surface area (Å²) in [5, 5.41) is 0. The zero-order valence-corrected chi connectivity index (χ0v) is 20.3. The lowest BCUT2D eigenvalue weighted by molar-refractivity contribution is -0.142. The molecular weight excluding hydrogens is 554 g/mol. The Morgan fingerprint density at radius 2 is 1.25 bits per heavy atom.